The lowest BCUT2D eigenvalue weighted by molar-refractivity contribution is -0.164. The SMILES string of the molecule is O=C1[C@H]2OC[C@@H](O2)[C@H]2[C@@H]1[C@@H]1c3ccccc3C=CN1[C@H]2C(=O)c1ccc(F)cc1. The molecule has 0 aliphatic carbocycles. The average molecular weight is 391 g/mol. The zero-order valence-corrected chi connectivity index (χ0v) is 15.4. The fraction of sp³-hybridized carbons (Fsp3) is 0.304. The Morgan fingerprint density at radius 3 is 2.72 bits per heavy atom. The van der Waals surface area contributed by atoms with Crippen LogP contribution in [-0.2, 0) is 14.3 Å². The third-order valence-electron chi connectivity index (χ3n) is 6.60. The molecule has 4 aliphatic rings. The van der Waals surface area contributed by atoms with Gasteiger partial charge in [0.25, 0.3) is 0 Å². The van der Waals surface area contributed by atoms with Crippen molar-refractivity contribution in [3.8, 4) is 0 Å². The molecule has 6 atom stereocenters. The number of halogens is 1. The maximum absolute atomic E-state index is 13.6. The van der Waals surface area contributed by atoms with Crippen LogP contribution in [0.15, 0.2) is 54.7 Å². The maximum Gasteiger partial charge on any atom is 0.218 e. The molecule has 2 aromatic rings. The van der Waals surface area contributed by atoms with Gasteiger partial charge in [0.1, 0.15) is 5.82 Å². The van der Waals surface area contributed by atoms with Crippen LogP contribution in [0.1, 0.15) is 27.5 Å². The molecule has 2 aromatic carbocycles. The Balaban J connectivity index is 1.50. The summed E-state index contributed by atoms with van der Waals surface area (Å²) in [4.78, 5) is 28.8. The molecular formula is C23H18FNO4. The van der Waals surface area contributed by atoms with Gasteiger partial charge in [0.2, 0.25) is 6.29 Å². The molecule has 2 bridgehead atoms. The van der Waals surface area contributed by atoms with E-state index in [0.717, 1.165) is 11.1 Å². The van der Waals surface area contributed by atoms with Crippen molar-refractivity contribution in [2.45, 2.75) is 24.5 Å². The van der Waals surface area contributed by atoms with Gasteiger partial charge in [-0.05, 0) is 41.5 Å². The van der Waals surface area contributed by atoms with Crippen LogP contribution >= 0.6 is 0 Å². The summed E-state index contributed by atoms with van der Waals surface area (Å²) in [6, 6.07) is 12.7. The second-order valence-electron chi connectivity index (χ2n) is 8.00. The fourth-order valence-electron chi connectivity index (χ4n) is 5.40. The van der Waals surface area contributed by atoms with Gasteiger partial charge in [0.15, 0.2) is 11.6 Å². The third-order valence-corrected chi connectivity index (χ3v) is 6.60. The number of carbonyl (C=O) groups excluding carboxylic acids is 2. The summed E-state index contributed by atoms with van der Waals surface area (Å²) in [6.45, 7) is 0.302. The van der Waals surface area contributed by atoms with E-state index in [-0.39, 0.29) is 35.5 Å². The summed E-state index contributed by atoms with van der Waals surface area (Å²) in [5, 5.41) is 0. The van der Waals surface area contributed by atoms with Gasteiger partial charge in [-0.1, -0.05) is 24.3 Å². The fourth-order valence-corrected chi connectivity index (χ4v) is 5.40. The van der Waals surface area contributed by atoms with Crippen LogP contribution in [0.3, 0.4) is 0 Å². The smallest absolute Gasteiger partial charge is 0.218 e. The minimum Gasteiger partial charge on any atom is -0.359 e. The van der Waals surface area contributed by atoms with Crippen molar-refractivity contribution in [2.24, 2.45) is 11.8 Å². The lowest BCUT2D eigenvalue weighted by Gasteiger charge is -2.34. The van der Waals surface area contributed by atoms with E-state index >= 15 is 0 Å². The Morgan fingerprint density at radius 1 is 1.10 bits per heavy atom. The topological polar surface area (TPSA) is 55.8 Å². The van der Waals surface area contributed by atoms with E-state index in [4.69, 9.17) is 9.47 Å². The first-order chi connectivity index (χ1) is 14.1. The van der Waals surface area contributed by atoms with E-state index in [1.165, 1.54) is 24.3 Å². The quantitative estimate of drug-likeness (QED) is 0.737. The van der Waals surface area contributed by atoms with Crippen molar-refractivity contribution in [3.63, 3.8) is 0 Å². The second kappa shape index (κ2) is 6.08. The van der Waals surface area contributed by atoms with Crippen molar-refractivity contribution in [2.75, 3.05) is 6.61 Å². The van der Waals surface area contributed by atoms with Crippen LogP contribution in [0, 0.1) is 17.7 Å². The van der Waals surface area contributed by atoms with Gasteiger partial charge in [-0.3, -0.25) is 9.59 Å². The molecule has 4 heterocycles. The van der Waals surface area contributed by atoms with E-state index in [1.54, 1.807) is 0 Å². The van der Waals surface area contributed by atoms with E-state index in [9.17, 15) is 14.0 Å². The number of hydrogen-bond donors (Lipinski definition) is 0. The number of benzene rings is 2. The van der Waals surface area contributed by atoms with Gasteiger partial charge >= 0.3 is 0 Å². The number of ether oxygens (including phenoxy) is 2. The molecule has 29 heavy (non-hydrogen) atoms. The first-order valence-electron chi connectivity index (χ1n) is 9.78. The highest BCUT2D eigenvalue weighted by molar-refractivity contribution is 6.02. The van der Waals surface area contributed by atoms with Crippen molar-refractivity contribution in [3.05, 3.63) is 77.2 Å². The average Bonchev–Trinajstić information content (AvgIpc) is 3.33. The molecule has 0 saturated carbocycles. The van der Waals surface area contributed by atoms with E-state index < -0.39 is 18.1 Å². The molecule has 0 radical (unpaired) electrons. The first-order valence-corrected chi connectivity index (χ1v) is 9.78. The number of ketones is 2. The molecule has 146 valence electrons. The minimum absolute atomic E-state index is 0.0988. The molecule has 4 aliphatic heterocycles. The molecule has 0 spiro atoms. The summed E-state index contributed by atoms with van der Waals surface area (Å²) in [6.07, 6.45) is 2.73. The Bertz CT molecular complexity index is 1050. The molecular weight excluding hydrogens is 373 g/mol. The van der Waals surface area contributed by atoms with E-state index in [0.29, 0.717) is 12.2 Å². The highest BCUT2D eigenvalue weighted by atomic mass is 19.1. The number of Topliss-reactive ketones (excluding diaryl/α,β-unsaturated/α-hetero) is 2. The summed E-state index contributed by atoms with van der Waals surface area (Å²) >= 11 is 0. The zero-order chi connectivity index (χ0) is 19.7. The van der Waals surface area contributed by atoms with Crippen molar-refractivity contribution in [1.29, 1.82) is 0 Å². The molecule has 6 rings (SSSR count). The Hall–Kier alpha value is -2.83. The summed E-state index contributed by atoms with van der Waals surface area (Å²) in [5.74, 6) is -1.33. The largest absolute Gasteiger partial charge is 0.359 e. The van der Waals surface area contributed by atoms with Crippen molar-refractivity contribution >= 4 is 17.6 Å². The number of rotatable bonds is 2. The Kier molecular flexibility index (Phi) is 3.58. The zero-order valence-electron chi connectivity index (χ0n) is 15.4. The number of nitrogens with zero attached hydrogens (tertiary/aromatic N) is 1. The van der Waals surface area contributed by atoms with Gasteiger partial charge in [0, 0.05) is 17.7 Å². The maximum atomic E-state index is 13.6. The summed E-state index contributed by atoms with van der Waals surface area (Å²) < 4.78 is 24.8. The van der Waals surface area contributed by atoms with E-state index in [2.05, 4.69) is 0 Å². The molecule has 3 fully saturated rings. The number of fused-ring (bicyclic) bond motifs is 8. The Labute approximate surface area is 166 Å². The molecule has 6 heteroatoms. The van der Waals surface area contributed by atoms with Crippen molar-refractivity contribution < 1.29 is 23.5 Å². The summed E-state index contributed by atoms with van der Waals surface area (Å²) in [5.41, 5.74) is 2.51. The molecule has 0 aromatic heterocycles. The molecule has 0 unspecified atom stereocenters. The number of hydrogen-bond acceptors (Lipinski definition) is 5. The first kappa shape index (κ1) is 17.1. The lowest BCUT2D eigenvalue weighted by Crippen LogP contribution is -2.48. The predicted octanol–water partition coefficient (Wildman–Crippen LogP) is 2.97. The van der Waals surface area contributed by atoms with Gasteiger partial charge in [-0.15, -0.1) is 0 Å². The normalized spacial score (nSPS) is 34.0. The third kappa shape index (κ3) is 2.33. The summed E-state index contributed by atoms with van der Waals surface area (Å²) in [7, 11) is 0. The highest BCUT2D eigenvalue weighted by Gasteiger charge is 2.63. The van der Waals surface area contributed by atoms with Gasteiger partial charge in [-0.25, -0.2) is 4.39 Å². The second-order valence-corrected chi connectivity index (χ2v) is 8.00. The molecule has 0 N–H and O–H groups in total. The van der Waals surface area contributed by atoms with Crippen LogP contribution in [0.4, 0.5) is 4.39 Å². The van der Waals surface area contributed by atoms with Crippen LogP contribution in [0.2, 0.25) is 0 Å². The van der Waals surface area contributed by atoms with Crippen LogP contribution in [0.25, 0.3) is 6.08 Å². The van der Waals surface area contributed by atoms with Crippen LogP contribution < -0.4 is 0 Å². The standard InChI is InChI=1S/C23H18FNO4/c24-14-7-5-13(6-8-14)21(26)20-17-16-11-28-23(29-16)22(27)18(17)19-15-4-2-1-3-12(15)9-10-25(19)20/h1-10,16-20,23H,11H2/t16-,17+,18-,19+,20-,23+/m1/s1. The lowest BCUT2D eigenvalue weighted by atomic mass is 9.75. The molecule has 5 nitrogen and oxygen atoms in total. The van der Waals surface area contributed by atoms with E-state index in [1.807, 2.05) is 41.4 Å². The van der Waals surface area contributed by atoms with Gasteiger partial charge < -0.3 is 14.4 Å². The minimum atomic E-state index is -0.846. The molecule has 0 amide bonds. The highest BCUT2D eigenvalue weighted by Crippen LogP contribution is 2.54. The van der Waals surface area contributed by atoms with Gasteiger partial charge in [-0.2, -0.15) is 0 Å². The van der Waals surface area contributed by atoms with Crippen molar-refractivity contribution in [1.82, 2.24) is 4.90 Å². The Morgan fingerprint density at radius 2 is 1.90 bits per heavy atom. The number of carbonyl (C=O) groups is 2. The monoisotopic (exact) mass is 391 g/mol. The van der Waals surface area contributed by atoms with Crippen LogP contribution in [0.5, 0.6) is 0 Å². The van der Waals surface area contributed by atoms with Crippen LogP contribution in [-0.4, -0.2) is 41.5 Å². The van der Waals surface area contributed by atoms with Gasteiger partial charge in [0.05, 0.1) is 30.7 Å². The predicted molar refractivity (Wildman–Crippen MR) is 101 cm³/mol. The molecule has 3 saturated heterocycles.